The van der Waals surface area contributed by atoms with Crippen LogP contribution in [0.3, 0.4) is 0 Å². The van der Waals surface area contributed by atoms with Gasteiger partial charge in [0.25, 0.3) is 0 Å². The fraction of sp³-hybridized carbons (Fsp3) is 0.355. The van der Waals surface area contributed by atoms with E-state index in [4.69, 9.17) is 4.74 Å². The molecule has 0 amide bonds. The van der Waals surface area contributed by atoms with Crippen molar-refractivity contribution in [2.45, 2.75) is 71.6 Å². The molecular weight excluding hydrogens is 418 g/mol. The third-order valence-electron chi connectivity index (χ3n) is 6.13. The summed E-state index contributed by atoms with van der Waals surface area (Å²) in [7, 11) is 0. The first-order valence-corrected chi connectivity index (χ1v) is 12.6. The molecule has 0 fully saturated rings. The molecule has 0 aliphatic rings. The lowest BCUT2D eigenvalue weighted by atomic mass is 10.0. The van der Waals surface area contributed by atoms with Crippen LogP contribution < -0.4 is 4.74 Å². The van der Waals surface area contributed by atoms with E-state index in [-0.39, 0.29) is 0 Å². The van der Waals surface area contributed by atoms with Crippen LogP contribution in [0.1, 0.15) is 85.8 Å². The molecule has 0 atom stereocenters. The van der Waals surface area contributed by atoms with Gasteiger partial charge in [0, 0.05) is 0 Å². The fourth-order valence-corrected chi connectivity index (χ4v) is 4.13. The van der Waals surface area contributed by atoms with Gasteiger partial charge in [-0.1, -0.05) is 94.8 Å². The molecular formula is C31H35NO2. The van der Waals surface area contributed by atoms with Gasteiger partial charge in [-0.25, -0.2) is 4.79 Å². The van der Waals surface area contributed by atoms with Crippen LogP contribution in [0.5, 0.6) is 5.75 Å². The van der Waals surface area contributed by atoms with Crippen molar-refractivity contribution in [3.05, 3.63) is 89.0 Å². The monoisotopic (exact) mass is 453 g/mol. The van der Waals surface area contributed by atoms with E-state index in [9.17, 15) is 10.1 Å². The minimum Gasteiger partial charge on any atom is -0.422 e. The first-order valence-electron chi connectivity index (χ1n) is 12.6. The molecule has 3 aromatic carbocycles. The van der Waals surface area contributed by atoms with Gasteiger partial charge in [0.2, 0.25) is 0 Å². The Morgan fingerprint density at radius 2 is 1.35 bits per heavy atom. The van der Waals surface area contributed by atoms with Gasteiger partial charge in [-0.05, 0) is 65.8 Å². The van der Waals surface area contributed by atoms with E-state index in [1.807, 2.05) is 24.3 Å². The zero-order valence-corrected chi connectivity index (χ0v) is 20.5. The summed E-state index contributed by atoms with van der Waals surface area (Å²) in [5.41, 5.74) is 5.48. The van der Waals surface area contributed by atoms with Crippen LogP contribution in [-0.4, -0.2) is 5.97 Å². The summed E-state index contributed by atoms with van der Waals surface area (Å²) in [6.07, 6.45) is 10.6. The molecule has 34 heavy (non-hydrogen) atoms. The zero-order valence-electron chi connectivity index (χ0n) is 20.5. The summed E-state index contributed by atoms with van der Waals surface area (Å²) in [6.45, 7) is 4.40. The molecule has 0 unspecified atom stereocenters. The van der Waals surface area contributed by atoms with E-state index in [1.54, 1.807) is 18.2 Å². The Morgan fingerprint density at radius 3 is 2.00 bits per heavy atom. The molecule has 0 aliphatic carbocycles. The summed E-state index contributed by atoms with van der Waals surface area (Å²) < 4.78 is 5.57. The number of aryl methyl sites for hydroxylation is 2. The topological polar surface area (TPSA) is 50.1 Å². The van der Waals surface area contributed by atoms with Crippen LogP contribution in [0, 0.1) is 11.3 Å². The number of carbonyl (C=O) groups is 1. The van der Waals surface area contributed by atoms with Crippen LogP contribution in [-0.2, 0) is 12.8 Å². The number of rotatable bonds is 12. The zero-order chi connectivity index (χ0) is 24.2. The highest BCUT2D eigenvalue weighted by atomic mass is 16.5. The van der Waals surface area contributed by atoms with Crippen molar-refractivity contribution >= 4 is 5.97 Å². The average molecular weight is 454 g/mol. The first-order chi connectivity index (χ1) is 16.6. The summed E-state index contributed by atoms with van der Waals surface area (Å²) in [6, 6.07) is 23.7. The Labute approximate surface area is 204 Å². The van der Waals surface area contributed by atoms with Crippen LogP contribution in [0.2, 0.25) is 0 Å². The summed E-state index contributed by atoms with van der Waals surface area (Å²) >= 11 is 0. The van der Waals surface area contributed by atoms with E-state index in [0.717, 1.165) is 42.4 Å². The van der Waals surface area contributed by atoms with Crippen LogP contribution in [0.15, 0.2) is 66.7 Å². The molecule has 0 saturated carbocycles. The molecule has 0 heterocycles. The van der Waals surface area contributed by atoms with E-state index in [1.165, 1.54) is 37.7 Å². The SMILES string of the molecule is CCCCCCCCc1ccc(OC(=O)c2ccc(-c3ccc(CCC)cc3)cc2)c(C#N)c1. The quantitative estimate of drug-likeness (QED) is 0.157. The molecule has 0 aliphatic heterocycles. The molecule has 0 bridgehead atoms. The van der Waals surface area contributed by atoms with E-state index in [0.29, 0.717) is 16.9 Å². The first kappa shape index (κ1) is 25.2. The van der Waals surface area contributed by atoms with Gasteiger partial charge >= 0.3 is 5.97 Å². The van der Waals surface area contributed by atoms with Crippen molar-refractivity contribution in [1.82, 2.24) is 0 Å². The molecule has 3 aromatic rings. The van der Waals surface area contributed by atoms with Crippen molar-refractivity contribution in [3.63, 3.8) is 0 Å². The number of nitrogens with zero attached hydrogens (tertiary/aromatic N) is 1. The van der Waals surface area contributed by atoms with Crippen molar-refractivity contribution in [2.75, 3.05) is 0 Å². The second kappa shape index (κ2) is 13.4. The molecule has 0 N–H and O–H groups in total. The molecule has 0 spiro atoms. The largest absolute Gasteiger partial charge is 0.422 e. The molecule has 0 saturated heterocycles. The van der Waals surface area contributed by atoms with Crippen molar-refractivity contribution in [2.24, 2.45) is 0 Å². The number of hydrogen-bond donors (Lipinski definition) is 0. The number of benzene rings is 3. The maximum Gasteiger partial charge on any atom is 0.343 e. The lowest BCUT2D eigenvalue weighted by Crippen LogP contribution is -2.09. The van der Waals surface area contributed by atoms with E-state index >= 15 is 0 Å². The molecule has 0 aromatic heterocycles. The Hall–Kier alpha value is -3.38. The van der Waals surface area contributed by atoms with Crippen molar-refractivity contribution in [1.29, 1.82) is 5.26 Å². The van der Waals surface area contributed by atoms with Gasteiger partial charge in [-0.3, -0.25) is 0 Å². The number of nitriles is 1. The van der Waals surface area contributed by atoms with Crippen molar-refractivity contribution < 1.29 is 9.53 Å². The van der Waals surface area contributed by atoms with Gasteiger partial charge in [-0.15, -0.1) is 0 Å². The van der Waals surface area contributed by atoms with E-state index < -0.39 is 5.97 Å². The maximum atomic E-state index is 12.7. The smallest absolute Gasteiger partial charge is 0.343 e. The highest BCUT2D eigenvalue weighted by molar-refractivity contribution is 5.92. The fourth-order valence-electron chi connectivity index (χ4n) is 4.13. The molecule has 176 valence electrons. The van der Waals surface area contributed by atoms with Crippen LogP contribution in [0.4, 0.5) is 0 Å². The lowest BCUT2D eigenvalue weighted by Gasteiger charge is -2.09. The third kappa shape index (κ3) is 7.32. The number of unbranched alkanes of at least 4 members (excludes halogenated alkanes) is 5. The van der Waals surface area contributed by atoms with Crippen LogP contribution in [0.25, 0.3) is 11.1 Å². The van der Waals surface area contributed by atoms with Gasteiger partial charge in [0.1, 0.15) is 11.8 Å². The van der Waals surface area contributed by atoms with E-state index in [2.05, 4.69) is 44.2 Å². The normalized spacial score (nSPS) is 10.6. The molecule has 3 rings (SSSR count). The second-order valence-corrected chi connectivity index (χ2v) is 8.87. The Kier molecular flexibility index (Phi) is 9.92. The predicted molar refractivity (Wildman–Crippen MR) is 139 cm³/mol. The van der Waals surface area contributed by atoms with Crippen LogP contribution >= 0.6 is 0 Å². The molecule has 0 radical (unpaired) electrons. The lowest BCUT2D eigenvalue weighted by molar-refractivity contribution is 0.0734. The highest BCUT2D eigenvalue weighted by Gasteiger charge is 2.13. The van der Waals surface area contributed by atoms with Gasteiger partial charge in [0.05, 0.1) is 11.1 Å². The predicted octanol–water partition coefficient (Wildman–Crippen LogP) is 8.30. The van der Waals surface area contributed by atoms with Gasteiger partial charge in [-0.2, -0.15) is 5.26 Å². The minimum atomic E-state index is -0.454. The minimum absolute atomic E-state index is 0.315. The summed E-state index contributed by atoms with van der Waals surface area (Å²) in [5.74, 6) is -0.139. The third-order valence-corrected chi connectivity index (χ3v) is 6.13. The molecule has 3 heteroatoms. The molecule has 3 nitrogen and oxygen atoms in total. The Morgan fingerprint density at radius 1 is 0.735 bits per heavy atom. The maximum absolute atomic E-state index is 12.7. The highest BCUT2D eigenvalue weighted by Crippen LogP contribution is 2.24. The van der Waals surface area contributed by atoms with Gasteiger partial charge in [0.15, 0.2) is 0 Å². The Bertz CT molecular complexity index is 1090. The Balaban J connectivity index is 1.59. The number of ether oxygens (including phenoxy) is 1. The second-order valence-electron chi connectivity index (χ2n) is 8.87. The average Bonchev–Trinajstić information content (AvgIpc) is 2.87. The van der Waals surface area contributed by atoms with Crippen molar-refractivity contribution in [3.8, 4) is 22.9 Å². The number of hydrogen-bond acceptors (Lipinski definition) is 3. The summed E-state index contributed by atoms with van der Waals surface area (Å²) in [4.78, 5) is 12.7. The standard InChI is InChI=1S/C31H35NO2/c1-3-5-6-7-8-9-11-25-14-21-30(29(22-25)23-32)34-31(33)28-19-17-27(18-20-28)26-15-12-24(10-4-2)13-16-26/h12-22H,3-11H2,1-2H3. The van der Waals surface area contributed by atoms with Gasteiger partial charge < -0.3 is 4.74 Å². The number of esters is 1. The number of carbonyl (C=O) groups excluding carboxylic acids is 1. The summed E-state index contributed by atoms with van der Waals surface area (Å²) in [5, 5.41) is 9.57.